The summed E-state index contributed by atoms with van der Waals surface area (Å²) in [5.74, 6) is 2.73. The third-order valence-electron chi connectivity index (χ3n) is 2.24. The van der Waals surface area contributed by atoms with E-state index in [0.29, 0.717) is 6.04 Å². The maximum Gasteiger partial charge on any atom is 0.0430 e. The lowest BCUT2D eigenvalue weighted by Gasteiger charge is -2.16. The SMILES string of the molecule is C#CCC(NCCC)c1ccc(I)cc1. The Hall–Kier alpha value is -0.530. The van der Waals surface area contributed by atoms with Gasteiger partial charge in [-0.05, 0) is 53.3 Å². The van der Waals surface area contributed by atoms with Gasteiger partial charge in [0.2, 0.25) is 0 Å². The highest BCUT2D eigenvalue weighted by Gasteiger charge is 2.08. The Morgan fingerprint density at radius 3 is 2.60 bits per heavy atom. The van der Waals surface area contributed by atoms with Crippen LogP contribution < -0.4 is 5.32 Å². The predicted octanol–water partition coefficient (Wildman–Crippen LogP) is 3.36. The fourth-order valence-corrected chi connectivity index (χ4v) is 1.80. The van der Waals surface area contributed by atoms with Crippen molar-refractivity contribution in [2.24, 2.45) is 0 Å². The van der Waals surface area contributed by atoms with Crippen molar-refractivity contribution in [1.29, 1.82) is 0 Å². The van der Waals surface area contributed by atoms with Crippen molar-refractivity contribution >= 4 is 22.6 Å². The van der Waals surface area contributed by atoms with Crippen LogP contribution in [-0.2, 0) is 0 Å². The molecule has 0 aromatic heterocycles. The Balaban J connectivity index is 2.70. The first-order valence-corrected chi connectivity index (χ1v) is 6.28. The van der Waals surface area contributed by atoms with Crippen LogP contribution in [0.3, 0.4) is 0 Å². The molecule has 0 aliphatic heterocycles. The van der Waals surface area contributed by atoms with Crippen molar-refractivity contribution in [1.82, 2.24) is 5.32 Å². The van der Waals surface area contributed by atoms with Crippen LogP contribution in [0.15, 0.2) is 24.3 Å². The van der Waals surface area contributed by atoms with E-state index in [-0.39, 0.29) is 0 Å². The molecule has 1 rings (SSSR count). The van der Waals surface area contributed by atoms with Crippen LogP contribution in [0.2, 0.25) is 0 Å². The molecule has 2 heteroatoms. The van der Waals surface area contributed by atoms with Crippen LogP contribution in [-0.4, -0.2) is 6.54 Å². The van der Waals surface area contributed by atoms with E-state index >= 15 is 0 Å². The van der Waals surface area contributed by atoms with Crippen LogP contribution in [0.25, 0.3) is 0 Å². The normalized spacial score (nSPS) is 12.1. The summed E-state index contributed by atoms with van der Waals surface area (Å²) in [5.41, 5.74) is 1.28. The van der Waals surface area contributed by atoms with Gasteiger partial charge in [0.05, 0.1) is 0 Å². The monoisotopic (exact) mass is 313 g/mol. The van der Waals surface area contributed by atoms with Gasteiger partial charge >= 0.3 is 0 Å². The van der Waals surface area contributed by atoms with Crippen molar-refractivity contribution < 1.29 is 0 Å². The van der Waals surface area contributed by atoms with E-state index in [9.17, 15) is 0 Å². The molecular formula is C13H16IN. The van der Waals surface area contributed by atoms with Gasteiger partial charge in [-0.2, -0.15) is 0 Å². The molecule has 0 saturated heterocycles. The zero-order chi connectivity index (χ0) is 11.1. The molecule has 0 spiro atoms. The second kappa shape index (κ2) is 6.86. The van der Waals surface area contributed by atoms with Crippen molar-refractivity contribution in [3.8, 4) is 12.3 Å². The minimum absolute atomic E-state index is 0.298. The minimum Gasteiger partial charge on any atom is -0.309 e. The van der Waals surface area contributed by atoms with Gasteiger partial charge in [0, 0.05) is 16.0 Å². The molecule has 0 radical (unpaired) electrons. The Bertz CT molecular complexity index is 323. The van der Waals surface area contributed by atoms with E-state index in [4.69, 9.17) is 6.42 Å². The molecule has 1 aromatic carbocycles. The van der Waals surface area contributed by atoms with Gasteiger partial charge in [0.1, 0.15) is 0 Å². The molecule has 0 saturated carbocycles. The average Bonchev–Trinajstić information content (AvgIpc) is 2.25. The Morgan fingerprint density at radius 1 is 1.40 bits per heavy atom. The zero-order valence-electron chi connectivity index (χ0n) is 8.96. The fourth-order valence-electron chi connectivity index (χ4n) is 1.44. The van der Waals surface area contributed by atoms with Crippen LogP contribution >= 0.6 is 22.6 Å². The molecule has 0 aliphatic carbocycles. The summed E-state index contributed by atoms with van der Waals surface area (Å²) in [7, 11) is 0. The lowest BCUT2D eigenvalue weighted by molar-refractivity contribution is 0.542. The third kappa shape index (κ3) is 4.23. The Labute approximate surface area is 106 Å². The number of halogens is 1. The highest BCUT2D eigenvalue weighted by Crippen LogP contribution is 2.17. The highest BCUT2D eigenvalue weighted by molar-refractivity contribution is 14.1. The second-order valence-corrected chi connectivity index (χ2v) is 4.71. The number of rotatable bonds is 5. The first-order chi connectivity index (χ1) is 7.27. The van der Waals surface area contributed by atoms with Gasteiger partial charge in [-0.15, -0.1) is 12.3 Å². The number of benzene rings is 1. The predicted molar refractivity (Wildman–Crippen MR) is 73.6 cm³/mol. The van der Waals surface area contributed by atoms with Gasteiger partial charge in [-0.25, -0.2) is 0 Å². The van der Waals surface area contributed by atoms with E-state index in [0.717, 1.165) is 19.4 Å². The maximum absolute atomic E-state index is 5.38. The molecule has 0 fully saturated rings. The van der Waals surface area contributed by atoms with Gasteiger partial charge in [0.15, 0.2) is 0 Å². The molecule has 1 aromatic rings. The van der Waals surface area contributed by atoms with Crippen LogP contribution in [0.5, 0.6) is 0 Å². The molecule has 0 bridgehead atoms. The van der Waals surface area contributed by atoms with E-state index < -0.39 is 0 Å². The Kier molecular flexibility index (Phi) is 5.74. The van der Waals surface area contributed by atoms with E-state index in [1.165, 1.54) is 9.13 Å². The van der Waals surface area contributed by atoms with Gasteiger partial charge < -0.3 is 5.32 Å². The fraction of sp³-hybridized carbons (Fsp3) is 0.385. The third-order valence-corrected chi connectivity index (χ3v) is 2.95. The molecule has 15 heavy (non-hydrogen) atoms. The molecule has 0 amide bonds. The van der Waals surface area contributed by atoms with E-state index in [1.807, 2.05) is 0 Å². The van der Waals surface area contributed by atoms with Gasteiger partial charge in [0.25, 0.3) is 0 Å². The molecule has 0 heterocycles. The number of hydrogen-bond donors (Lipinski definition) is 1. The van der Waals surface area contributed by atoms with Crippen molar-refractivity contribution in [2.75, 3.05) is 6.54 Å². The highest BCUT2D eigenvalue weighted by atomic mass is 127. The molecule has 0 aliphatic rings. The summed E-state index contributed by atoms with van der Waals surface area (Å²) >= 11 is 2.31. The summed E-state index contributed by atoms with van der Waals surface area (Å²) < 4.78 is 1.26. The van der Waals surface area contributed by atoms with Crippen LogP contribution in [0.4, 0.5) is 0 Å². The van der Waals surface area contributed by atoms with E-state index in [1.54, 1.807) is 0 Å². The van der Waals surface area contributed by atoms with Crippen LogP contribution in [0.1, 0.15) is 31.4 Å². The molecule has 1 N–H and O–H groups in total. The number of terminal acetylenes is 1. The maximum atomic E-state index is 5.38. The first kappa shape index (κ1) is 12.5. The smallest absolute Gasteiger partial charge is 0.0430 e. The molecular weight excluding hydrogens is 297 g/mol. The topological polar surface area (TPSA) is 12.0 Å². The number of hydrogen-bond acceptors (Lipinski definition) is 1. The molecule has 1 atom stereocenters. The minimum atomic E-state index is 0.298. The first-order valence-electron chi connectivity index (χ1n) is 5.20. The quantitative estimate of drug-likeness (QED) is 0.649. The standard InChI is InChI=1S/C13H16IN/c1-3-5-13(15-10-4-2)11-6-8-12(14)9-7-11/h1,6-9,13,15H,4-5,10H2,2H3. The second-order valence-electron chi connectivity index (χ2n) is 3.47. The largest absolute Gasteiger partial charge is 0.309 e. The van der Waals surface area contributed by atoms with Gasteiger partial charge in [-0.1, -0.05) is 19.1 Å². The lowest BCUT2D eigenvalue weighted by Crippen LogP contribution is -2.21. The lowest BCUT2D eigenvalue weighted by atomic mass is 10.0. The average molecular weight is 313 g/mol. The zero-order valence-corrected chi connectivity index (χ0v) is 11.1. The van der Waals surface area contributed by atoms with Crippen molar-refractivity contribution in [2.45, 2.75) is 25.8 Å². The number of nitrogens with one attached hydrogen (secondary N) is 1. The van der Waals surface area contributed by atoms with Crippen molar-refractivity contribution in [3.05, 3.63) is 33.4 Å². The summed E-state index contributed by atoms with van der Waals surface area (Å²) in [6.07, 6.45) is 7.26. The summed E-state index contributed by atoms with van der Waals surface area (Å²) in [6, 6.07) is 8.82. The van der Waals surface area contributed by atoms with Crippen molar-refractivity contribution in [3.63, 3.8) is 0 Å². The molecule has 1 unspecified atom stereocenters. The molecule has 1 nitrogen and oxygen atoms in total. The van der Waals surface area contributed by atoms with E-state index in [2.05, 4.69) is 65.0 Å². The Morgan fingerprint density at radius 2 is 2.07 bits per heavy atom. The summed E-state index contributed by atoms with van der Waals surface area (Å²) in [5, 5.41) is 3.46. The molecule has 80 valence electrons. The van der Waals surface area contributed by atoms with Crippen LogP contribution in [0, 0.1) is 15.9 Å². The van der Waals surface area contributed by atoms with Gasteiger partial charge in [-0.3, -0.25) is 0 Å². The summed E-state index contributed by atoms with van der Waals surface area (Å²) in [4.78, 5) is 0. The summed E-state index contributed by atoms with van der Waals surface area (Å²) in [6.45, 7) is 3.17.